The molecule has 1 aromatic carbocycles. The Labute approximate surface area is 313 Å². The van der Waals surface area contributed by atoms with Gasteiger partial charge in [0.1, 0.15) is 6.04 Å². The molecule has 296 valence electrons. The van der Waals surface area contributed by atoms with E-state index in [0.29, 0.717) is 18.5 Å². The van der Waals surface area contributed by atoms with E-state index in [1.165, 1.54) is 0 Å². The molecule has 0 aromatic heterocycles. The molecule has 1 aliphatic heterocycles. The second kappa shape index (κ2) is 21.0. The van der Waals surface area contributed by atoms with Crippen molar-refractivity contribution >= 4 is 23.6 Å². The van der Waals surface area contributed by atoms with Crippen molar-refractivity contribution in [3.63, 3.8) is 0 Å². The number of methoxy groups -OCH3 is 2. The van der Waals surface area contributed by atoms with Crippen LogP contribution in [-0.2, 0) is 28.7 Å². The van der Waals surface area contributed by atoms with E-state index in [0.717, 1.165) is 12.8 Å². The van der Waals surface area contributed by atoms with Gasteiger partial charge in [0.15, 0.2) is 0 Å². The highest BCUT2D eigenvalue weighted by atomic mass is 16.5. The second-order valence-corrected chi connectivity index (χ2v) is 15.6. The highest BCUT2D eigenvalue weighted by Gasteiger charge is 2.43. The summed E-state index contributed by atoms with van der Waals surface area (Å²) >= 11 is 0. The zero-order valence-electron chi connectivity index (χ0n) is 34.1. The highest BCUT2D eigenvalue weighted by Crippen LogP contribution is 2.30. The van der Waals surface area contributed by atoms with Crippen molar-refractivity contribution in [3.05, 3.63) is 35.9 Å². The Kier molecular flexibility index (Phi) is 18.2. The van der Waals surface area contributed by atoms with Crippen LogP contribution in [0.1, 0.15) is 92.7 Å². The number of aliphatic hydroxyl groups excluding tert-OH is 1. The SMILES string of the molecule is CC[C@H](C)[C@@H]([C@@H](CC(=O)N1CCCC1[C@H](OC)[C@@H](C)C(=O)N[C@H](C)C(O)c1ccccc1)OC)N(C)C(=O)[C@@H](NC(=O)[C@H](C(C)C)N(C)C)C(C)C. The van der Waals surface area contributed by atoms with E-state index in [-0.39, 0.29) is 53.8 Å². The minimum Gasteiger partial charge on any atom is -0.386 e. The number of nitrogens with one attached hydrogen (secondary N) is 2. The summed E-state index contributed by atoms with van der Waals surface area (Å²) < 4.78 is 11.9. The van der Waals surface area contributed by atoms with E-state index < -0.39 is 48.4 Å². The lowest BCUT2D eigenvalue weighted by atomic mass is 9.89. The molecule has 2 unspecified atom stereocenters. The predicted molar refractivity (Wildman–Crippen MR) is 204 cm³/mol. The lowest BCUT2D eigenvalue weighted by molar-refractivity contribution is -0.148. The Bertz CT molecular complexity index is 1270. The summed E-state index contributed by atoms with van der Waals surface area (Å²) in [6.45, 7) is 16.0. The molecule has 0 bridgehead atoms. The minimum absolute atomic E-state index is 0.0153. The van der Waals surface area contributed by atoms with Crippen LogP contribution in [0.3, 0.4) is 0 Å². The summed E-state index contributed by atoms with van der Waals surface area (Å²) in [5.41, 5.74) is 0.711. The average molecular weight is 732 g/mol. The van der Waals surface area contributed by atoms with Crippen LogP contribution in [0.4, 0.5) is 0 Å². The van der Waals surface area contributed by atoms with E-state index >= 15 is 0 Å². The predicted octanol–water partition coefficient (Wildman–Crippen LogP) is 3.87. The number of hydrogen-bond acceptors (Lipinski definition) is 8. The number of benzene rings is 1. The van der Waals surface area contributed by atoms with Gasteiger partial charge in [0.2, 0.25) is 23.6 Å². The molecule has 0 spiro atoms. The minimum atomic E-state index is -0.876. The number of amides is 4. The van der Waals surface area contributed by atoms with Gasteiger partial charge in [-0.1, -0.05) is 85.2 Å². The Hall–Kier alpha value is -3.06. The molecule has 1 aromatic rings. The molecule has 12 heteroatoms. The number of likely N-dealkylation sites (N-methyl/N-ethyl adjacent to an activating group) is 2. The maximum absolute atomic E-state index is 14.2. The maximum Gasteiger partial charge on any atom is 0.245 e. The normalized spacial score (nSPS) is 20.1. The summed E-state index contributed by atoms with van der Waals surface area (Å²) in [4.78, 5) is 60.6. The van der Waals surface area contributed by atoms with E-state index in [4.69, 9.17) is 9.47 Å². The van der Waals surface area contributed by atoms with Crippen molar-refractivity contribution in [3.8, 4) is 0 Å². The first-order valence-electron chi connectivity index (χ1n) is 19.0. The molecule has 1 saturated heterocycles. The summed E-state index contributed by atoms with van der Waals surface area (Å²) in [7, 11) is 8.57. The van der Waals surface area contributed by atoms with Gasteiger partial charge in [0, 0.05) is 27.8 Å². The lowest BCUT2D eigenvalue weighted by Gasteiger charge is -2.41. The first kappa shape index (κ1) is 45.1. The van der Waals surface area contributed by atoms with E-state index in [2.05, 4.69) is 10.6 Å². The van der Waals surface area contributed by atoms with Gasteiger partial charge in [-0.25, -0.2) is 0 Å². The Balaban J connectivity index is 2.25. The van der Waals surface area contributed by atoms with E-state index in [9.17, 15) is 24.3 Å². The van der Waals surface area contributed by atoms with Crippen LogP contribution in [0.25, 0.3) is 0 Å². The van der Waals surface area contributed by atoms with Gasteiger partial charge in [0.25, 0.3) is 0 Å². The third-order valence-electron chi connectivity index (χ3n) is 10.9. The fourth-order valence-electron chi connectivity index (χ4n) is 7.78. The molecule has 3 N–H and O–H groups in total. The summed E-state index contributed by atoms with van der Waals surface area (Å²) in [5.74, 6) is -1.57. The number of hydrogen-bond donors (Lipinski definition) is 3. The number of nitrogens with zero attached hydrogens (tertiary/aromatic N) is 3. The summed E-state index contributed by atoms with van der Waals surface area (Å²) in [6, 6.07) is 6.72. The molecule has 52 heavy (non-hydrogen) atoms. The Morgan fingerprint density at radius 2 is 1.52 bits per heavy atom. The number of ether oxygens (including phenoxy) is 2. The highest BCUT2D eigenvalue weighted by molar-refractivity contribution is 5.90. The molecule has 1 fully saturated rings. The van der Waals surface area contributed by atoms with Crippen molar-refractivity contribution in [2.24, 2.45) is 23.7 Å². The largest absolute Gasteiger partial charge is 0.386 e. The van der Waals surface area contributed by atoms with Crippen LogP contribution in [-0.4, -0.2) is 128 Å². The van der Waals surface area contributed by atoms with Crippen molar-refractivity contribution in [1.82, 2.24) is 25.3 Å². The molecule has 2 rings (SSSR count). The van der Waals surface area contributed by atoms with Crippen LogP contribution in [0.15, 0.2) is 30.3 Å². The number of rotatable bonds is 20. The third kappa shape index (κ3) is 11.5. The third-order valence-corrected chi connectivity index (χ3v) is 10.9. The van der Waals surface area contributed by atoms with Crippen LogP contribution in [0.5, 0.6) is 0 Å². The molecule has 4 amide bonds. The van der Waals surface area contributed by atoms with Gasteiger partial charge in [0.05, 0.1) is 54.8 Å². The van der Waals surface area contributed by atoms with Crippen LogP contribution in [0.2, 0.25) is 0 Å². The summed E-state index contributed by atoms with van der Waals surface area (Å²) in [5, 5.41) is 16.8. The molecule has 12 nitrogen and oxygen atoms in total. The average Bonchev–Trinajstić information content (AvgIpc) is 3.59. The quantitative estimate of drug-likeness (QED) is 0.184. The Morgan fingerprint density at radius 1 is 0.904 bits per heavy atom. The number of likely N-dealkylation sites (tertiary alicyclic amines) is 1. The van der Waals surface area contributed by atoms with Gasteiger partial charge >= 0.3 is 0 Å². The van der Waals surface area contributed by atoms with Crippen molar-refractivity contribution < 1.29 is 33.8 Å². The number of carbonyl (C=O) groups excluding carboxylic acids is 4. The van der Waals surface area contributed by atoms with Crippen molar-refractivity contribution in [2.45, 2.75) is 130 Å². The summed E-state index contributed by atoms with van der Waals surface area (Å²) in [6.07, 6.45) is 0.148. The van der Waals surface area contributed by atoms with Gasteiger partial charge in [-0.3, -0.25) is 24.1 Å². The van der Waals surface area contributed by atoms with Crippen molar-refractivity contribution in [1.29, 1.82) is 0 Å². The molecule has 10 atom stereocenters. The fourth-order valence-corrected chi connectivity index (χ4v) is 7.78. The van der Waals surface area contributed by atoms with Gasteiger partial charge in [-0.05, 0) is 57.2 Å². The number of aliphatic hydroxyl groups is 1. The lowest BCUT2D eigenvalue weighted by Crippen LogP contribution is -2.59. The van der Waals surface area contributed by atoms with Gasteiger partial charge in [-0.2, -0.15) is 0 Å². The van der Waals surface area contributed by atoms with E-state index in [1.807, 2.05) is 90.9 Å². The van der Waals surface area contributed by atoms with E-state index in [1.54, 1.807) is 44.9 Å². The zero-order valence-corrected chi connectivity index (χ0v) is 34.1. The Morgan fingerprint density at radius 3 is 2.02 bits per heavy atom. The molecule has 0 saturated carbocycles. The monoisotopic (exact) mass is 732 g/mol. The standard InChI is InChI=1S/C40H69N5O7/c1-14-26(6)35(44(11)40(50)33(24(2)3)42-39(49)34(25(4)5)43(9)10)31(51-12)23-32(46)45-22-18-21-30(45)37(52-13)27(7)38(48)41-28(8)36(47)29-19-16-15-17-20-29/h15-17,19-20,24-28,30-31,33-37,47H,14,18,21-23H2,1-13H3,(H,41,48)(H,42,49)/t26-,27+,28+,30?,31+,33-,34-,35-,36?,37+/m0/s1. The topological polar surface area (TPSA) is 141 Å². The molecule has 0 radical (unpaired) electrons. The maximum atomic E-state index is 14.2. The van der Waals surface area contributed by atoms with Gasteiger partial charge in [-0.15, -0.1) is 0 Å². The molecule has 1 aliphatic rings. The molecule has 1 heterocycles. The molecular formula is C40H69N5O7. The fraction of sp³-hybridized carbons (Fsp3) is 0.750. The molecular weight excluding hydrogens is 662 g/mol. The number of carbonyl (C=O) groups is 4. The van der Waals surface area contributed by atoms with Gasteiger partial charge < -0.3 is 35.0 Å². The zero-order chi connectivity index (χ0) is 39.4. The smallest absolute Gasteiger partial charge is 0.245 e. The second-order valence-electron chi connectivity index (χ2n) is 15.6. The first-order valence-corrected chi connectivity index (χ1v) is 19.0. The molecule has 0 aliphatic carbocycles. The van der Waals surface area contributed by atoms with Crippen molar-refractivity contribution in [2.75, 3.05) is 41.9 Å². The van der Waals surface area contributed by atoms with Crippen LogP contribution >= 0.6 is 0 Å². The van der Waals surface area contributed by atoms with Crippen LogP contribution in [0, 0.1) is 23.7 Å². The van der Waals surface area contributed by atoms with Crippen LogP contribution < -0.4 is 10.6 Å². The first-order chi connectivity index (χ1) is 24.4.